The number of hydrogen-bond donors (Lipinski definition) is 4. The van der Waals surface area contributed by atoms with Crippen LogP contribution in [0.15, 0.2) is 24.7 Å². The van der Waals surface area contributed by atoms with Crippen molar-refractivity contribution in [2.24, 2.45) is 11.5 Å². The predicted octanol–water partition coefficient (Wildman–Crippen LogP) is 1.04. The van der Waals surface area contributed by atoms with Gasteiger partial charge in [0.2, 0.25) is 0 Å². The summed E-state index contributed by atoms with van der Waals surface area (Å²) >= 11 is 0. The Balaban J connectivity index is 2.28. The minimum atomic E-state index is -0.670. The quantitative estimate of drug-likeness (QED) is 0.561. The summed E-state index contributed by atoms with van der Waals surface area (Å²) in [4.78, 5) is 20.1. The van der Waals surface area contributed by atoms with Gasteiger partial charge in [0.1, 0.15) is 5.82 Å². The van der Waals surface area contributed by atoms with E-state index >= 15 is 0 Å². The molecule has 0 aliphatic rings. The number of aromatic nitrogens is 4. The van der Waals surface area contributed by atoms with Crippen LogP contribution in [0.3, 0.4) is 0 Å². The fraction of sp³-hybridized carbons (Fsp3) is 0.400. The van der Waals surface area contributed by atoms with Crippen LogP contribution in [0.1, 0.15) is 37.2 Å². The third kappa shape index (κ3) is 4.59. The number of nitrogens with zero attached hydrogens (tertiary/aromatic N) is 4. The van der Waals surface area contributed by atoms with Crippen molar-refractivity contribution in [1.29, 1.82) is 0 Å². The number of primary amides is 1. The SMILES string of the molecule is CCCC(Nc1cnc(C(N)=O)c(Nc2ccnnc2)n1)C(C)N. The predicted molar refractivity (Wildman–Crippen MR) is 91.8 cm³/mol. The largest absolute Gasteiger partial charge is 0.364 e. The summed E-state index contributed by atoms with van der Waals surface area (Å²) in [5.41, 5.74) is 12.0. The van der Waals surface area contributed by atoms with Crippen LogP contribution in [0.25, 0.3) is 0 Å². The number of amides is 1. The summed E-state index contributed by atoms with van der Waals surface area (Å²) in [6.45, 7) is 4.02. The second-order valence-corrected chi connectivity index (χ2v) is 5.47. The molecule has 2 aromatic rings. The molecule has 2 unspecified atom stereocenters. The Hall–Kier alpha value is -2.81. The van der Waals surface area contributed by atoms with Gasteiger partial charge < -0.3 is 22.1 Å². The van der Waals surface area contributed by atoms with Crippen LogP contribution in [0.5, 0.6) is 0 Å². The summed E-state index contributed by atoms with van der Waals surface area (Å²) in [6, 6.07) is 1.70. The first-order valence-corrected chi connectivity index (χ1v) is 7.74. The van der Waals surface area contributed by atoms with E-state index in [1.165, 1.54) is 18.6 Å². The van der Waals surface area contributed by atoms with Gasteiger partial charge in [-0.2, -0.15) is 10.2 Å². The van der Waals surface area contributed by atoms with Crippen LogP contribution in [0.4, 0.5) is 17.3 Å². The Kier molecular flexibility index (Phi) is 5.96. The zero-order chi connectivity index (χ0) is 17.5. The van der Waals surface area contributed by atoms with Gasteiger partial charge in [-0.3, -0.25) is 4.79 Å². The molecule has 0 aromatic carbocycles. The Bertz CT molecular complexity index is 676. The van der Waals surface area contributed by atoms with E-state index in [1.54, 1.807) is 6.07 Å². The molecule has 0 radical (unpaired) electrons. The lowest BCUT2D eigenvalue weighted by atomic mass is 10.1. The maximum atomic E-state index is 11.6. The molecule has 6 N–H and O–H groups in total. The normalized spacial score (nSPS) is 13.1. The first-order valence-electron chi connectivity index (χ1n) is 7.74. The number of hydrogen-bond acceptors (Lipinski definition) is 8. The number of rotatable bonds is 8. The molecule has 2 atom stereocenters. The average Bonchev–Trinajstić information content (AvgIpc) is 2.55. The first kappa shape index (κ1) is 17.5. The summed E-state index contributed by atoms with van der Waals surface area (Å²) in [7, 11) is 0. The van der Waals surface area contributed by atoms with Crippen molar-refractivity contribution in [2.45, 2.75) is 38.8 Å². The zero-order valence-electron chi connectivity index (χ0n) is 13.7. The number of carbonyl (C=O) groups excluding carboxylic acids is 1. The Labute approximate surface area is 140 Å². The molecule has 9 heteroatoms. The molecule has 0 aliphatic heterocycles. The van der Waals surface area contributed by atoms with Crippen molar-refractivity contribution in [3.63, 3.8) is 0 Å². The molecule has 9 nitrogen and oxygen atoms in total. The number of anilines is 3. The molecule has 0 saturated carbocycles. The third-order valence-electron chi connectivity index (χ3n) is 3.42. The third-order valence-corrected chi connectivity index (χ3v) is 3.42. The lowest BCUT2D eigenvalue weighted by Crippen LogP contribution is -2.38. The Morgan fingerprint density at radius 1 is 1.33 bits per heavy atom. The number of carbonyl (C=O) groups is 1. The van der Waals surface area contributed by atoms with E-state index in [1.807, 2.05) is 6.92 Å². The number of nitrogens with two attached hydrogens (primary N) is 2. The Morgan fingerprint density at radius 2 is 2.12 bits per heavy atom. The highest BCUT2D eigenvalue weighted by molar-refractivity contribution is 5.96. The molecule has 2 rings (SSSR count). The molecule has 0 aliphatic carbocycles. The van der Waals surface area contributed by atoms with E-state index in [4.69, 9.17) is 11.5 Å². The molecule has 24 heavy (non-hydrogen) atoms. The van der Waals surface area contributed by atoms with Crippen molar-refractivity contribution in [2.75, 3.05) is 10.6 Å². The van der Waals surface area contributed by atoms with Gasteiger partial charge in [0.15, 0.2) is 11.5 Å². The van der Waals surface area contributed by atoms with E-state index < -0.39 is 5.91 Å². The zero-order valence-corrected chi connectivity index (χ0v) is 13.7. The smallest absolute Gasteiger partial charge is 0.271 e. The van der Waals surface area contributed by atoms with Gasteiger partial charge in [0.25, 0.3) is 5.91 Å². The van der Waals surface area contributed by atoms with E-state index in [9.17, 15) is 4.79 Å². The highest BCUT2D eigenvalue weighted by Gasteiger charge is 2.17. The molecule has 2 aromatic heterocycles. The fourth-order valence-electron chi connectivity index (χ4n) is 2.19. The monoisotopic (exact) mass is 330 g/mol. The average molecular weight is 330 g/mol. The minimum absolute atomic E-state index is 0.0465. The van der Waals surface area contributed by atoms with Crippen LogP contribution < -0.4 is 22.1 Å². The number of nitrogens with one attached hydrogen (secondary N) is 2. The topological polar surface area (TPSA) is 145 Å². The van der Waals surface area contributed by atoms with Crippen molar-refractivity contribution >= 4 is 23.2 Å². The van der Waals surface area contributed by atoms with Crippen molar-refractivity contribution < 1.29 is 4.79 Å². The van der Waals surface area contributed by atoms with Gasteiger partial charge in [-0.25, -0.2) is 9.97 Å². The van der Waals surface area contributed by atoms with Crippen LogP contribution >= 0.6 is 0 Å². The fourth-order valence-corrected chi connectivity index (χ4v) is 2.19. The van der Waals surface area contributed by atoms with Gasteiger partial charge in [-0.15, -0.1) is 0 Å². The molecule has 1 amide bonds. The van der Waals surface area contributed by atoms with Crippen molar-refractivity contribution in [3.05, 3.63) is 30.4 Å². The minimum Gasteiger partial charge on any atom is -0.364 e. The van der Waals surface area contributed by atoms with Gasteiger partial charge >= 0.3 is 0 Å². The van der Waals surface area contributed by atoms with Crippen LogP contribution in [-0.2, 0) is 0 Å². The highest BCUT2D eigenvalue weighted by Crippen LogP contribution is 2.19. The molecule has 0 bridgehead atoms. The van der Waals surface area contributed by atoms with E-state index in [-0.39, 0.29) is 23.6 Å². The first-order chi connectivity index (χ1) is 11.5. The molecule has 0 fully saturated rings. The van der Waals surface area contributed by atoms with Gasteiger partial charge in [0, 0.05) is 12.1 Å². The van der Waals surface area contributed by atoms with Gasteiger partial charge in [-0.1, -0.05) is 13.3 Å². The summed E-state index contributed by atoms with van der Waals surface area (Å²) in [5, 5.41) is 13.7. The lowest BCUT2D eigenvalue weighted by Gasteiger charge is -2.22. The van der Waals surface area contributed by atoms with Crippen molar-refractivity contribution in [3.8, 4) is 0 Å². The molecular formula is C15H22N8O. The van der Waals surface area contributed by atoms with Crippen molar-refractivity contribution in [1.82, 2.24) is 20.2 Å². The van der Waals surface area contributed by atoms with Crippen LogP contribution in [0, 0.1) is 0 Å². The molecule has 128 valence electrons. The van der Waals surface area contributed by atoms with E-state index in [2.05, 4.69) is 37.7 Å². The summed E-state index contributed by atoms with van der Waals surface area (Å²) < 4.78 is 0. The van der Waals surface area contributed by atoms with Crippen LogP contribution in [-0.4, -0.2) is 38.2 Å². The maximum absolute atomic E-state index is 11.6. The van der Waals surface area contributed by atoms with E-state index in [0.29, 0.717) is 11.5 Å². The Morgan fingerprint density at radius 3 is 2.71 bits per heavy atom. The molecular weight excluding hydrogens is 308 g/mol. The molecule has 2 heterocycles. The standard InChI is InChI=1S/C15H22N8O/c1-3-4-11(9(2)16)22-12-8-18-13(14(17)24)15(23-12)21-10-5-6-19-20-7-10/h5-9,11H,3-4,16H2,1-2H3,(H2,17,24)(H2,19,21,22,23). The second-order valence-electron chi connectivity index (χ2n) is 5.47. The summed E-state index contributed by atoms with van der Waals surface area (Å²) in [5.74, 6) is 0.0940. The lowest BCUT2D eigenvalue weighted by molar-refractivity contribution is 0.0996. The van der Waals surface area contributed by atoms with E-state index in [0.717, 1.165) is 12.8 Å². The maximum Gasteiger partial charge on any atom is 0.271 e. The highest BCUT2D eigenvalue weighted by atomic mass is 16.1. The van der Waals surface area contributed by atoms with Gasteiger partial charge in [0.05, 0.1) is 24.3 Å². The second kappa shape index (κ2) is 8.16. The summed E-state index contributed by atoms with van der Waals surface area (Å²) in [6.07, 6.45) is 6.39. The van der Waals surface area contributed by atoms with Crippen LogP contribution in [0.2, 0.25) is 0 Å². The molecule has 0 saturated heterocycles. The van der Waals surface area contributed by atoms with Gasteiger partial charge in [-0.05, 0) is 19.4 Å². The molecule has 0 spiro atoms.